The summed E-state index contributed by atoms with van der Waals surface area (Å²) in [6.45, 7) is 13.8. The van der Waals surface area contributed by atoms with Crippen LogP contribution in [0.2, 0.25) is 32.7 Å². The lowest BCUT2D eigenvalue weighted by Gasteiger charge is -2.75. The Kier molecular flexibility index (Phi) is 4.38. The maximum Gasteiger partial charge on any atom is 0.0765 e. The molecule has 0 radical (unpaired) electrons. The van der Waals surface area contributed by atoms with Crippen molar-refractivity contribution in [2.45, 2.75) is 32.7 Å². The molecule has 2 unspecified atom stereocenters. The van der Waals surface area contributed by atoms with E-state index in [1.54, 1.807) is 15.6 Å². The fraction of sp³-hybridized carbons (Fsp3) is 0.217. The summed E-state index contributed by atoms with van der Waals surface area (Å²) in [5.74, 6) is 0. The first-order valence-corrected chi connectivity index (χ1v) is 24.5. The highest BCUT2D eigenvalue weighted by Gasteiger charge is 2.83. The zero-order valence-corrected chi connectivity index (χ0v) is 21.2. The van der Waals surface area contributed by atoms with E-state index in [0.717, 1.165) is 0 Å². The minimum absolute atomic E-state index is 1.42. The van der Waals surface area contributed by atoms with Crippen LogP contribution in [0.25, 0.3) is 0 Å². The molecule has 1 heterocycles. The van der Waals surface area contributed by atoms with Crippen molar-refractivity contribution >= 4 is 44.0 Å². The monoisotopic (exact) mass is 418 g/mol. The highest BCUT2D eigenvalue weighted by molar-refractivity contribution is 8.18. The molecular formula is C23H30Si4. The van der Waals surface area contributed by atoms with E-state index in [2.05, 4.69) is 124 Å². The topological polar surface area (TPSA) is 0 Å². The summed E-state index contributed by atoms with van der Waals surface area (Å²) >= 11 is 0. The van der Waals surface area contributed by atoms with Gasteiger partial charge >= 0.3 is 0 Å². The Labute approximate surface area is 167 Å². The van der Waals surface area contributed by atoms with Crippen LogP contribution in [0.15, 0.2) is 91.0 Å². The lowest BCUT2D eigenvalue weighted by Crippen LogP contribution is -3.11. The predicted octanol–water partition coefficient (Wildman–Crippen LogP) is 3.98. The van der Waals surface area contributed by atoms with Crippen molar-refractivity contribution in [1.29, 1.82) is 0 Å². The third-order valence-corrected chi connectivity index (χ3v) is 101. The van der Waals surface area contributed by atoms with Gasteiger partial charge in [0, 0.05) is 7.11 Å². The van der Waals surface area contributed by atoms with Gasteiger partial charge in [0.15, 0.2) is 0 Å². The molecule has 0 nitrogen and oxygen atoms in total. The van der Waals surface area contributed by atoms with Gasteiger partial charge < -0.3 is 0 Å². The number of hydrogen-bond acceptors (Lipinski definition) is 0. The summed E-state index contributed by atoms with van der Waals surface area (Å²) in [7, 11) is -6.22. The summed E-state index contributed by atoms with van der Waals surface area (Å²) < 4.78 is 0. The average molecular weight is 419 g/mol. The molecule has 27 heavy (non-hydrogen) atoms. The molecule has 1 aliphatic heterocycles. The number of hydrogen-bond donors (Lipinski definition) is 0. The van der Waals surface area contributed by atoms with Gasteiger partial charge in [-0.2, -0.15) is 0 Å². The van der Waals surface area contributed by atoms with Crippen LogP contribution in [0.1, 0.15) is 0 Å². The average Bonchev–Trinajstić information content (AvgIpc) is 2.73. The van der Waals surface area contributed by atoms with E-state index in [9.17, 15) is 0 Å². The second-order valence-corrected chi connectivity index (χ2v) is 52.3. The molecule has 0 N–H and O–H groups in total. The molecule has 0 spiro atoms. The van der Waals surface area contributed by atoms with E-state index in [-0.39, 0.29) is 0 Å². The van der Waals surface area contributed by atoms with Crippen molar-refractivity contribution in [2.24, 2.45) is 0 Å². The highest BCUT2D eigenvalue weighted by atomic mass is 30.2. The number of rotatable bonds is 3. The molecule has 0 aliphatic carbocycles. The maximum absolute atomic E-state index is 2.78. The Morgan fingerprint density at radius 2 is 0.630 bits per heavy atom. The quantitative estimate of drug-likeness (QED) is 0.564. The fourth-order valence-corrected chi connectivity index (χ4v) is 139. The maximum atomic E-state index is 2.78. The van der Waals surface area contributed by atoms with Crippen LogP contribution in [0.3, 0.4) is 0 Å². The number of benzene rings is 3. The van der Waals surface area contributed by atoms with Crippen LogP contribution in [-0.4, -0.2) is 28.4 Å². The molecule has 3 aromatic rings. The smallest absolute Gasteiger partial charge is 0.0729 e. The standard InChI is InChI=1S/C23H30Si4/c1-24(2)25(3,21-15-9-6-10-16-21)27(5,23-19-13-8-14-20-23)26(24,4)22-17-11-7-12-18-22/h6-20H,1-5H3. The zero-order chi connectivity index (χ0) is 19.3. The SMILES string of the molecule is C[Si]1(C)[Si](C)(c2ccccc2)[Si](C)(c2ccccc2)[Si]1(C)c1ccccc1. The van der Waals surface area contributed by atoms with E-state index < -0.39 is 28.4 Å². The Balaban J connectivity index is 2.04. The van der Waals surface area contributed by atoms with Gasteiger partial charge in [0.25, 0.3) is 0 Å². The minimum Gasteiger partial charge on any atom is -0.0729 e. The van der Waals surface area contributed by atoms with E-state index in [1.807, 2.05) is 0 Å². The largest absolute Gasteiger partial charge is 0.0765 e. The summed E-state index contributed by atoms with van der Waals surface area (Å²) in [5, 5.41) is 5.16. The van der Waals surface area contributed by atoms with Gasteiger partial charge in [-0.15, -0.1) is 0 Å². The first-order chi connectivity index (χ1) is 12.8. The zero-order valence-electron chi connectivity index (χ0n) is 17.2. The molecule has 0 amide bonds. The molecule has 0 aromatic heterocycles. The Bertz CT molecular complexity index is 884. The van der Waals surface area contributed by atoms with Gasteiger partial charge in [-0.3, -0.25) is 0 Å². The van der Waals surface area contributed by atoms with Crippen molar-refractivity contribution in [3.05, 3.63) is 91.0 Å². The summed E-state index contributed by atoms with van der Waals surface area (Å²) in [5.41, 5.74) is 0. The lowest BCUT2D eigenvalue weighted by molar-refractivity contribution is 1.68. The van der Waals surface area contributed by atoms with Gasteiger partial charge in [0.05, 0.1) is 21.3 Å². The van der Waals surface area contributed by atoms with Crippen LogP contribution in [0, 0.1) is 0 Å². The molecule has 3 aromatic carbocycles. The second kappa shape index (κ2) is 6.27. The van der Waals surface area contributed by atoms with Crippen LogP contribution >= 0.6 is 0 Å². The second-order valence-electron chi connectivity index (χ2n) is 9.10. The Morgan fingerprint density at radius 3 is 0.926 bits per heavy atom. The third kappa shape index (κ3) is 2.13. The molecule has 4 heteroatoms. The van der Waals surface area contributed by atoms with Gasteiger partial charge in [-0.05, 0) is 0 Å². The first-order valence-electron chi connectivity index (χ1n) is 9.98. The van der Waals surface area contributed by atoms with Crippen LogP contribution < -0.4 is 15.6 Å². The fourth-order valence-electron chi connectivity index (χ4n) is 6.38. The summed E-state index contributed by atoms with van der Waals surface area (Å²) in [6.07, 6.45) is 0. The molecular weight excluding hydrogens is 389 g/mol. The van der Waals surface area contributed by atoms with E-state index in [4.69, 9.17) is 0 Å². The molecule has 1 saturated heterocycles. The van der Waals surface area contributed by atoms with E-state index >= 15 is 0 Å². The Hall–Kier alpha value is -1.47. The minimum atomic E-state index is -1.66. The first kappa shape index (κ1) is 18.9. The van der Waals surface area contributed by atoms with Crippen molar-refractivity contribution in [3.8, 4) is 0 Å². The summed E-state index contributed by atoms with van der Waals surface area (Å²) in [4.78, 5) is 0. The lowest BCUT2D eigenvalue weighted by atomic mass is 10.4. The van der Waals surface area contributed by atoms with E-state index in [0.29, 0.717) is 0 Å². The van der Waals surface area contributed by atoms with Crippen LogP contribution in [0.4, 0.5) is 0 Å². The van der Waals surface area contributed by atoms with Gasteiger partial charge in [-0.25, -0.2) is 0 Å². The predicted molar refractivity (Wildman–Crippen MR) is 131 cm³/mol. The summed E-state index contributed by atoms with van der Waals surface area (Å²) in [6, 6.07) is 35.0. The molecule has 2 atom stereocenters. The van der Waals surface area contributed by atoms with Crippen molar-refractivity contribution < 1.29 is 0 Å². The normalized spacial score (nSPS) is 31.9. The molecule has 0 bridgehead atoms. The van der Waals surface area contributed by atoms with E-state index in [1.165, 1.54) is 0 Å². The molecule has 4 rings (SSSR count). The van der Waals surface area contributed by atoms with Gasteiger partial charge in [-0.1, -0.05) is 139 Å². The molecule has 138 valence electrons. The molecule has 0 saturated carbocycles. The van der Waals surface area contributed by atoms with Gasteiger partial charge in [0.2, 0.25) is 0 Å². The molecule has 1 fully saturated rings. The van der Waals surface area contributed by atoms with Crippen molar-refractivity contribution in [2.75, 3.05) is 0 Å². The van der Waals surface area contributed by atoms with Gasteiger partial charge in [0.1, 0.15) is 0 Å². The van der Waals surface area contributed by atoms with Crippen molar-refractivity contribution in [3.63, 3.8) is 0 Å². The third-order valence-electron chi connectivity index (χ3n) is 8.55. The Morgan fingerprint density at radius 1 is 0.370 bits per heavy atom. The van der Waals surface area contributed by atoms with Crippen LogP contribution in [0.5, 0.6) is 0 Å². The highest BCUT2D eigenvalue weighted by Crippen LogP contribution is 2.50. The molecule has 1 aliphatic rings. The van der Waals surface area contributed by atoms with Crippen molar-refractivity contribution in [1.82, 2.24) is 0 Å². The van der Waals surface area contributed by atoms with Crippen LogP contribution in [-0.2, 0) is 0 Å².